The summed E-state index contributed by atoms with van der Waals surface area (Å²) in [5.41, 5.74) is 38.0. The third-order valence-corrected chi connectivity index (χ3v) is 30.8. The van der Waals surface area contributed by atoms with Crippen LogP contribution >= 0.6 is 0 Å². The molecule has 0 bridgehead atoms. The van der Waals surface area contributed by atoms with E-state index in [1.54, 1.807) is 0 Å². The zero-order chi connectivity index (χ0) is 106. The highest BCUT2D eigenvalue weighted by Gasteiger charge is 2.35. The first kappa shape index (κ1) is 105. The maximum atomic E-state index is 2.38. The summed E-state index contributed by atoms with van der Waals surface area (Å²) < 4.78 is 13.1. The molecule has 762 valence electrons. The Morgan fingerprint density at radius 3 is 0.807 bits per heavy atom. The maximum Gasteiger partial charge on any atom is 0.213 e. The fourth-order valence-corrected chi connectivity index (χ4v) is 21.7. The lowest BCUT2D eigenvalue weighted by Crippen LogP contribution is -2.39. The molecule has 22 rings (SSSR count). The Morgan fingerprint density at radius 2 is 0.487 bits per heavy atom. The molecule has 0 amide bonds. The largest absolute Gasteiger partial charge is 0.359 e. The van der Waals surface area contributed by atoms with E-state index in [9.17, 15) is 0 Å². The SMILES string of the molecule is Cc1c(-c2cc3ccccc3c[n+]2C)cccc1N1C=CN(C)[C@@H]1C.Cc1c(-c2cccc[n+]2C)cccc1N1C=CN(C(C)C)[C@@H]1C.Cc1c(-c2cccc[n+]2C)cccc1N1C=CN(C)[C@@H]1C.Cc1c(-c2cccc[n+]2C)cccc1N1C=CN(c2ccccc2)[C@@H]1C.Cc1ccc(N2C=CN(c3cccc(-c4cccc[n+]4C)c3C)[C@H]2C)cc1.Cc1cccc(C)c1N1C=CN(c2cccc(-c3cccc[n+]3C)c2C)[C@H]1C. The molecule has 6 aliphatic heterocycles. The van der Waals surface area contributed by atoms with Crippen LogP contribution in [0.15, 0.2) is 415 Å². The summed E-state index contributed by atoms with van der Waals surface area (Å²) in [7, 11) is 16.8. The van der Waals surface area contributed by atoms with Crippen LogP contribution in [0, 0.1) is 62.3 Å². The second-order valence-electron chi connectivity index (χ2n) is 40.6. The average Bonchev–Trinajstić information content (AvgIpc) is 1.65. The first-order chi connectivity index (χ1) is 72.4. The molecule has 0 unspecified atom stereocenters. The Kier molecular flexibility index (Phi) is 32.3. The Balaban J connectivity index is 0.000000123. The number of hydrogen-bond acceptors (Lipinski definition) is 12. The second kappa shape index (κ2) is 46.2. The molecule has 18 heteroatoms. The predicted octanol–water partition coefficient (Wildman–Crippen LogP) is 25.9. The number of hydrogen-bond donors (Lipinski definition) is 0. The number of para-hydroxylation sites is 2. The number of fused-ring (bicyclic) bond motifs is 1. The topological polar surface area (TPSA) is 62.2 Å². The van der Waals surface area contributed by atoms with Crippen LogP contribution in [0.2, 0.25) is 0 Å². The van der Waals surface area contributed by atoms with Crippen LogP contribution < -0.4 is 71.5 Å². The normalized spacial score (nSPS) is 16.7. The van der Waals surface area contributed by atoms with Crippen LogP contribution in [-0.2, 0) is 42.3 Å². The Bertz CT molecular complexity index is 7690. The molecule has 18 nitrogen and oxygen atoms in total. The summed E-state index contributed by atoms with van der Waals surface area (Å²) >= 11 is 0. The van der Waals surface area contributed by atoms with Gasteiger partial charge in [-0.3, -0.25) is 0 Å². The van der Waals surface area contributed by atoms with Gasteiger partial charge < -0.3 is 58.8 Å². The van der Waals surface area contributed by atoms with E-state index in [-0.39, 0.29) is 18.5 Å². The van der Waals surface area contributed by atoms with Gasteiger partial charge in [-0.25, -0.2) is 27.4 Å². The monoisotopic (exact) mass is 1990 g/mol. The number of pyridine rings is 6. The summed E-state index contributed by atoms with van der Waals surface area (Å²) in [6.07, 6.45) is 40.5. The minimum atomic E-state index is 0.221. The highest BCUT2D eigenvalue weighted by molar-refractivity contribution is 5.86. The van der Waals surface area contributed by atoms with Crippen LogP contribution in [0.4, 0.5) is 51.2 Å². The number of benzene rings is 10. The van der Waals surface area contributed by atoms with Gasteiger partial charge in [0.2, 0.25) is 34.2 Å². The fraction of sp³-hybridized carbons (Fsp3) is 0.242. The molecule has 0 N–H and O–H groups in total. The van der Waals surface area contributed by atoms with Gasteiger partial charge in [0.05, 0.1) is 33.4 Å². The third kappa shape index (κ3) is 21.9. The van der Waals surface area contributed by atoms with Crippen LogP contribution in [0.25, 0.3) is 78.3 Å². The number of aromatic nitrogens is 6. The predicted molar refractivity (Wildman–Crippen MR) is 624 cm³/mol. The summed E-state index contributed by atoms with van der Waals surface area (Å²) in [5, 5.41) is 2.54. The lowest BCUT2D eigenvalue weighted by Gasteiger charge is -2.33. The molecule has 0 radical (unpaired) electrons. The zero-order valence-electron chi connectivity index (χ0n) is 92.4. The molecule has 6 atom stereocenters. The van der Waals surface area contributed by atoms with Gasteiger partial charge in [-0.05, 0) is 301 Å². The molecule has 12 heterocycles. The first-order valence-corrected chi connectivity index (χ1v) is 52.6. The van der Waals surface area contributed by atoms with Gasteiger partial charge in [0, 0.05) is 218 Å². The maximum absolute atomic E-state index is 2.38. The van der Waals surface area contributed by atoms with E-state index in [0.29, 0.717) is 24.5 Å². The van der Waals surface area contributed by atoms with Crippen molar-refractivity contribution in [2.75, 3.05) is 58.2 Å². The summed E-state index contributed by atoms with van der Waals surface area (Å²) in [6.45, 7) is 37.7. The molecule has 10 aromatic carbocycles. The Morgan fingerprint density at radius 1 is 0.220 bits per heavy atom. The van der Waals surface area contributed by atoms with E-state index >= 15 is 0 Å². The molecule has 0 saturated carbocycles. The van der Waals surface area contributed by atoms with Crippen LogP contribution in [0.1, 0.15) is 105 Å². The minimum absolute atomic E-state index is 0.221. The number of rotatable bonds is 16. The van der Waals surface area contributed by atoms with Crippen LogP contribution in [0.3, 0.4) is 0 Å². The number of anilines is 9. The Hall–Kier alpha value is -16.6. The van der Waals surface area contributed by atoms with E-state index in [4.69, 9.17) is 0 Å². The smallest absolute Gasteiger partial charge is 0.213 e. The van der Waals surface area contributed by atoms with E-state index < -0.39 is 0 Å². The van der Waals surface area contributed by atoms with Crippen LogP contribution in [0.5, 0.6) is 0 Å². The molecular weight excluding hydrogens is 1840 g/mol. The number of aryl methyl sites for hydroxylation is 9. The quantitative estimate of drug-likeness (QED) is 0.0866. The minimum Gasteiger partial charge on any atom is -0.359 e. The average molecular weight is 1990 g/mol. The molecule has 150 heavy (non-hydrogen) atoms. The van der Waals surface area contributed by atoms with Gasteiger partial charge in [-0.1, -0.05) is 109 Å². The molecule has 6 aromatic heterocycles. The zero-order valence-corrected chi connectivity index (χ0v) is 92.4. The lowest BCUT2D eigenvalue weighted by molar-refractivity contribution is -0.660. The molecule has 0 saturated heterocycles. The van der Waals surface area contributed by atoms with Crippen molar-refractivity contribution in [2.24, 2.45) is 42.3 Å². The highest BCUT2D eigenvalue weighted by atomic mass is 15.4. The number of nitrogens with zero attached hydrogens (tertiary/aromatic N) is 18. The Labute approximate surface area is 892 Å². The molecule has 0 fully saturated rings. The van der Waals surface area contributed by atoms with Gasteiger partial charge in [0.15, 0.2) is 37.2 Å². The molecule has 16 aromatic rings. The second-order valence-corrected chi connectivity index (χ2v) is 40.6. The van der Waals surface area contributed by atoms with E-state index in [1.807, 2.05) is 0 Å². The van der Waals surface area contributed by atoms with Crippen molar-refractivity contribution >= 4 is 62.0 Å². The van der Waals surface area contributed by atoms with Crippen molar-refractivity contribution < 1.29 is 27.4 Å². The molecule has 0 spiro atoms. The van der Waals surface area contributed by atoms with Crippen molar-refractivity contribution in [1.29, 1.82) is 0 Å². The third-order valence-electron chi connectivity index (χ3n) is 30.8. The van der Waals surface area contributed by atoms with Gasteiger partial charge in [0.1, 0.15) is 79.3 Å². The lowest BCUT2D eigenvalue weighted by atomic mass is 10.0. The first-order valence-electron chi connectivity index (χ1n) is 52.6. The van der Waals surface area contributed by atoms with E-state index in [2.05, 4.69) is 675 Å². The van der Waals surface area contributed by atoms with Gasteiger partial charge in [-0.2, -0.15) is 0 Å². The van der Waals surface area contributed by atoms with Gasteiger partial charge >= 0.3 is 0 Å². The summed E-state index contributed by atoms with van der Waals surface area (Å²) in [6, 6.07) is 108. The standard InChI is InChI=1S/C25H28N3.C24H26N3.C23H24N3.C22H24N3.C20H26N3.C18H22N3/c1-18-10-8-11-19(2)25(18)28-17-16-27(21(28)4)23-14-9-12-22(20(23)3)24-13-6-7-15-26(24)5;1-18-11-13-21(14-12-18)26-16-17-27(20(26)3)23-10-7-8-22(19(23)2)24-9-5-6-15-25(24)4;1-18-21(23-13-7-8-15-24(23)3)12-9-14-22(18)26-17-16-25(19(26)2)20-10-5-4-6-11-20;1-16-20(10-7-11-21(16)25-13-12-23(3)17(25)2)22-14-18-8-5-6-9-19(18)15-24(22)4;1-15(2)22-13-14-23(17(22)4)19-11-8-9-18(16(19)3)20-10-6-7-12-21(20)5;1-14-16(18-9-5-6-11-20(18)4)8-7-10-17(14)21-13-12-19(3)15(21)2/h6-17,21H,1-5H3;5-17,20H,1-4H3;4-17,19H,1-3H3;5-15,17H,1-4H3;6-15,17H,1-5H3;5-13,15H,1-4H3/q6*+1/t21-;20-;19-;2*17-;15-/m100000/s1. The van der Waals surface area contributed by atoms with Crippen molar-refractivity contribution in [3.63, 3.8) is 0 Å². The molecular formula is C132H150N18+6. The van der Waals surface area contributed by atoms with Crippen molar-refractivity contribution in [2.45, 2.75) is 161 Å². The highest BCUT2D eigenvalue weighted by Crippen LogP contribution is 2.43. The van der Waals surface area contributed by atoms with Crippen molar-refractivity contribution in [1.82, 2.24) is 14.7 Å². The van der Waals surface area contributed by atoms with Gasteiger partial charge in [-0.15, -0.1) is 0 Å². The van der Waals surface area contributed by atoms with E-state index in [0.717, 1.165) is 0 Å². The van der Waals surface area contributed by atoms with Crippen molar-refractivity contribution in [3.8, 4) is 67.5 Å². The van der Waals surface area contributed by atoms with Crippen molar-refractivity contribution in [3.05, 3.63) is 465 Å². The molecule has 0 aliphatic carbocycles. The van der Waals surface area contributed by atoms with Crippen LogP contribution in [-0.4, -0.2) is 71.8 Å². The summed E-state index contributed by atoms with van der Waals surface area (Å²) in [4.78, 5) is 27.9. The van der Waals surface area contributed by atoms with E-state index in [1.165, 1.54) is 180 Å². The fourth-order valence-electron chi connectivity index (χ4n) is 21.7. The molecule has 6 aliphatic rings. The van der Waals surface area contributed by atoms with Gasteiger partial charge in [0.25, 0.3) is 0 Å². The summed E-state index contributed by atoms with van der Waals surface area (Å²) in [5.74, 6) is 0.